The van der Waals surface area contributed by atoms with Crippen molar-refractivity contribution in [3.8, 4) is 0 Å². The molecule has 0 saturated carbocycles. The Morgan fingerprint density at radius 3 is 2.95 bits per heavy atom. The zero-order valence-electron chi connectivity index (χ0n) is 12.8. The molecule has 1 heterocycles. The lowest BCUT2D eigenvalue weighted by molar-refractivity contribution is 0.0440. The summed E-state index contributed by atoms with van der Waals surface area (Å²) in [6.07, 6.45) is 4.81. The molecule has 1 aromatic carbocycles. The van der Waals surface area contributed by atoms with E-state index in [9.17, 15) is 0 Å². The molecule has 0 radical (unpaired) electrons. The van der Waals surface area contributed by atoms with Gasteiger partial charge in [-0.25, -0.2) is 0 Å². The van der Waals surface area contributed by atoms with E-state index in [1.165, 1.54) is 24.1 Å². The van der Waals surface area contributed by atoms with Crippen LogP contribution in [0.1, 0.15) is 38.7 Å². The number of piperidine rings is 1. The second kappa shape index (κ2) is 7.65. The highest BCUT2D eigenvalue weighted by atomic mass is 16.5. The first-order valence-electron chi connectivity index (χ1n) is 7.90. The van der Waals surface area contributed by atoms with E-state index < -0.39 is 0 Å². The summed E-state index contributed by atoms with van der Waals surface area (Å²) in [5.74, 6) is 0. The Labute approximate surface area is 123 Å². The van der Waals surface area contributed by atoms with Gasteiger partial charge in [0.1, 0.15) is 0 Å². The van der Waals surface area contributed by atoms with Gasteiger partial charge in [0, 0.05) is 31.4 Å². The minimum Gasteiger partial charge on any atom is -0.376 e. The van der Waals surface area contributed by atoms with Gasteiger partial charge in [0.2, 0.25) is 0 Å². The minimum absolute atomic E-state index is 0.202. The Kier molecular flexibility index (Phi) is 5.86. The number of hydrogen-bond acceptors (Lipinski definition) is 3. The van der Waals surface area contributed by atoms with Gasteiger partial charge in [-0.3, -0.25) is 0 Å². The van der Waals surface area contributed by atoms with Crippen LogP contribution in [-0.4, -0.2) is 31.8 Å². The third kappa shape index (κ3) is 4.22. The standard InChI is InChI=1S/C17H28N2O/c1-3-11-20-16-8-6-10-19(13-16)17-9-5-4-7-15(17)12-14(2)18/h4-5,7,9,14,16H,3,6,8,10-13,18H2,1-2H3. The SMILES string of the molecule is CCCOC1CCCN(c2ccccc2CC(C)N)C1. The van der Waals surface area contributed by atoms with Crippen LogP contribution in [0.2, 0.25) is 0 Å². The van der Waals surface area contributed by atoms with Crippen molar-refractivity contribution in [2.75, 3.05) is 24.6 Å². The highest BCUT2D eigenvalue weighted by molar-refractivity contribution is 5.54. The average molecular weight is 276 g/mol. The van der Waals surface area contributed by atoms with Crippen molar-refractivity contribution < 1.29 is 4.74 Å². The fourth-order valence-electron chi connectivity index (χ4n) is 2.92. The molecule has 2 atom stereocenters. The maximum atomic E-state index is 5.97. The van der Waals surface area contributed by atoms with Gasteiger partial charge < -0.3 is 15.4 Å². The molecular formula is C17H28N2O. The summed E-state index contributed by atoms with van der Waals surface area (Å²) in [5, 5.41) is 0. The summed E-state index contributed by atoms with van der Waals surface area (Å²) in [7, 11) is 0. The van der Waals surface area contributed by atoms with Gasteiger partial charge in [-0.1, -0.05) is 25.1 Å². The second-order valence-electron chi connectivity index (χ2n) is 5.89. The Morgan fingerprint density at radius 2 is 2.20 bits per heavy atom. The molecule has 0 spiro atoms. The van der Waals surface area contributed by atoms with Gasteiger partial charge in [-0.15, -0.1) is 0 Å². The lowest BCUT2D eigenvalue weighted by Gasteiger charge is -2.35. The predicted octanol–water partition coefficient (Wildman–Crippen LogP) is 2.97. The Morgan fingerprint density at radius 1 is 1.40 bits per heavy atom. The quantitative estimate of drug-likeness (QED) is 0.868. The number of rotatable bonds is 6. The molecule has 1 aliphatic rings. The second-order valence-corrected chi connectivity index (χ2v) is 5.89. The van der Waals surface area contributed by atoms with E-state index >= 15 is 0 Å². The van der Waals surface area contributed by atoms with E-state index in [0.717, 1.165) is 32.5 Å². The summed E-state index contributed by atoms with van der Waals surface area (Å²) < 4.78 is 5.94. The summed E-state index contributed by atoms with van der Waals surface area (Å²) in [5.41, 5.74) is 8.67. The smallest absolute Gasteiger partial charge is 0.0750 e. The van der Waals surface area contributed by atoms with E-state index in [2.05, 4.69) is 43.0 Å². The van der Waals surface area contributed by atoms with Crippen molar-refractivity contribution in [2.24, 2.45) is 5.73 Å². The summed E-state index contributed by atoms with van der Waals surface area (Å²) in [6.45, 7) is 7.25. The molecular weight excluding hydrogens is 248 g/mol. The lowest BCUT2D eigenvalue weighted by atomic mass is 10.0. The molecule has 0 aliphatic carbocycles. The van der Waals surface area contributed by atoms with Crippen molar-refractivity contribution in [1.29, 1.82) is 0 Å². The minimum atomic E-state index is 0.202. The number of benzene rings is 1. The molecule has 0 aromatic heterocycles. The van der Waals surface area contributed by atoms with Crippen LogP contribution in [0.3, 0.4) is 0 Å². The summed E-state index contributed by atoms with van der Waals surface area (Å²) in [6, 6.07) is 8.86. The normalized spacial score (nSPS) is 20.9. The van der Waals surface area contributed by atoms with Crippen LogP contribution in [0.4, 0.5) is 5.69 Å². The van der Waals surface area contributed by atoms with E-state index in [0.29, 0.717) is 6.10 Å². The zero-order chi connectivity index (χ0) is 14.4. The van der Waals surface area contributed by atoms with Gasteiger partial charge in [0.15, 0.2) is 0 Å². The van der Waals surface area contributed by atoms with Gasteiger partial charge in [0.05, 0.1) is 6.10 Å². The number of ether oxygens (including phenoxy) is 1. The number of para-hydroxylation sites is 1. The number of nitrogens with zero attached hydrogens (tertiary/aromatic N) is 1. The Balaban J connectivity index is 2.06. The third-order valence-electron chi connectivity index (χ3n) is 3.81. The van der Waals surface area contributed by atoms with Crippen LogP contribution in [0, 0.1) is 0 Å². The fraction of sp³-hybridized carbons (Fsp3) is 0.647. The molecule has 1 aromatic rings. The Hall–Kier alpha value is -1.06. The first-order valence-corrected chi connectivity index (χ1v) is 7.90. The van der Waals surface area contributed by atoms with Crippen molar-refractivity contribution >= 4 is 5.69 Å². The highest BCUT2D eigenvalue weighted by Crippen LogP contribution is 2.26. The third-order valence-corrected chi connectivity index (χ3v) is 3.81. The van der Waals surface area contributed by atoms with Crippen molar-refractivity contribution in [1.82, 2.24) is 0 Å². The predicted molar refractivity (Wildman–Crippen MR) is 85.3 cm³/mol. The van der Waals surface area contributed by atoms with Crippen LogP contribution >= 0.6 is 0 Å². The zero-order valence-corrected chi connectivity index (χ0v) is 12.8. The number of nitrogens with two attached hydrogens (primary N) is 1. The lowest BCUT2D eigenvalue weighted by Crippen LogP contribution is -2.40. The van der Waals surface area contributed by atoms with Crippen molar-refractivity contribution in [3.05, 3.63) is 29.8 Å². The molecule has 1 fully saturated rings. The average Bonchev–Trinajstić information content (AvgIpc) is 2.45. The van der Waals surface area contributed by atoms with Crippen LogP contribution in [0.15, 0.2) is 24.3 Å². The molecule has 1 aliphatic heterocycles. The maximum Gasteiger partial charge on any atom is 0.0750 e. The van der Waals surface area contributed by atoms with Crippen LogP contribution in [0.5, 0.6) is 0 Å². The van der Waals surface area contributed by atoms with Gasteiger partial charge in [0.25, 0.3) is 0 Å². The van der Waals surface area contributed by atoms with Crippen molar-refractivity contribution in [3.63, 3.8) is 0 Å². The molecule has 3 heteroatoms. The first-order chi connectivity index (χ1) is 9.70. The van der Waals surface area contributed by atoms with E-state index in [-0.39, 0.29) is 6.04 Å². The van der Waals surface area contributed by atoms with Crippen LogP contribution < -0.4 is 10.6 Å². The topological polar surface area (TPSA) is 38.5 Å². The first kappa shape index (κ1) is 15.3. The molecule has 112 valence electrons. The molecule has 0 amide bonds. The number of hydrogen-bond donors (Lipinski definition) is 1. The largest absolute Gasteiger partial charge is 0.376 e. The van der Waals surface area contributed by atoms with Gasteiger partial charge in [-0.2, -0.15) is 0 Å². The molecule has 3 nitrogen and oxygen atoms in total. The highest BCUT2D eigenvalue weighted by Gasteiger charge is 2.22. The molecule has 2 rings (SSSR count). The van der Waals surface area contributed by atoms with E-state index in [1.807, 2.05) is 0 Å². The monoisotopic (exact) mass is 276 g/mol. The number of anilines is 1. The summed E-state index contributed by atoms with van der Waals surface area (Å²) >= 11 is 0. The van der Waals surface area contributed by atoms with E-state index in [4.69, 9.17) is 10.5 Å². The van der Waals surface area contributed by atoms with Gasteiger partial charge >= 0.3 is 0 Å². The summed E-state index contributed by atoms with van der Waals surface area (Å²) in [4.78, 5) is 2.47. The molecule has 2 unspecified atom stereocenters. The fourth-order valence-corrected chi connectivity index (χ4v) is 2.92. The molecule has 1 saturated heterocycles. The van der Waals surface area contributed by atoms with Crippen molar-refractivity contribution in [2.45, 2.75) is 51.7 Å². The Bertz CT molecular complexity index is 406. The maximum absolute atomic E-state index is 5.97. The van der Waals surface area contributed by atoms with E-state index in [1.54, 1.807) is 0 Å². The molecule has 20 heavy (non-hydrogen) atoms. The van der Waals surface area contributed by atoms with Crippen LogP contribution in [-0.2, 0) is 11.2 Å². The molecule has 2 N–H and O–H groups in total. The van der Waals surface area contributed by atoms with Crippen LogP contribution in [0.25, 0.3) is 0 Å². The molecule has 0 bridgehead atoms. The van der Waals surface area contributed by atoms with Gasteiger partial charge in [-0.05, 0) is 44.2 Å².